The SMILES string of the molecule is O=C(O)CCN(Cc1cccc(F)c1F)C1CC1. The second-order valence-corrected chi connectivity index (χ2v) is 4.56. The fourth-order valence-electron chi connectivity index (χ4n) is 1.96. The summed E-state index contributed by atoms with van der Waals surface area (Å²) in [5.74, 6) is -2.57. The van der Waals surface area contributed by atoms with Crippen molar-refractivity contribution in [3.05, 3.63) is 35.4 Å². The van der Waals surface area contributed by atoms with E-state index in [-0.39, 0.29) is 18.5 Å². The Balaban J connectivity index is 2.04. The molecule has 2 rings (SSSR count). The molecule has 0 heterocycles. The van der Waals surface area contributed by atoms with E-state index in [2.05, 4.69) is 0 Å². The van der Waals surface area contributed by atoms with Gasteiger partial charge in [0.25, 0.3) is 0 Å². The van der Waals surface area contributed by atoms with Crippen molar-refractivity contribution >= 4 is 5.97 Å². The summed E-state index contributed by atoms with van der Waals surface area (Å²) in [6.07, 6.45) is 2.01. The van der Waals surface area contributed by atoms with Crippen molar-refractivity contribution in [2.24, 2.45) is 0 Å². The molecular weight excluding hydrogens is 240 g/mol. The first-order valence-electron chi connectivity index (χ1n) is 5.96. The molecule has 98 valence electrons. The molecule has 0 bridgehead atoms. The molecule has 0 aliphatic heterocycles. The summed E-state index contributed by atoms with van der Waals surface area (Å²) >= 11 is 0. The first-order valence-corrected chi connectivity index (χ1v) is 5.96. The number of carbonyl (C=O) groups is 1. The molecule has 1 aromatic carbocycles. The molecule has 1 fully saturated rings. The molecule has 0 aromatic heterocycles. The summed E-state index contributed by atoms with van der Waals surface area (Å²) in [6, 6.07) is 4.40. The van der Waals surface area contributed by atoms with Crippen molar-refractivity contribution in [2.45, 2.75) is 31.8 Å². The van der Waals surface area contributed by atoms with Gasteiger partial charge in [-0.2, -0.15) is 0 Å². The third-order valence-electron chi connectivity index (χ3n) is 3.08. The maximum atomic E-state index is 13.5. The van der Waals surface area contributed by atoms with Crippen molar-refractivity contribution in [1.29, 1.82) is 0 Å². The smallest absolute Gasteiger partial charge is 0.304 e. The Kier molecular flexibility index (Phi) is 3.91. The van der Waals surface area contributed by atoms with Gasteiger partial charge < -0.3 is 5.11 Å². The molecule has 0 spiro atoms. The van der Waals surface area contributed by atoms with Crippen LogP contribution in [0.1, 0.15) is 24.8 Å². The number of aliphatic carboxylic acids is 1. The molecule has 1 N–H and O–H groups in total. The average molecular weight is 255 g/mol. The molecule has 1 aromatic rings. The van der Waals surface area contributed by atoms with Crippen LogP contribution < -0.4 is 0 Å². The number of carboxylic acids is 1. The number of halogens is 2. The fraction of sp³-hybridized carbons (Fsp3) is 0.462. The van der Waals surface area contributed by atoms with E-state index in [0.29, 0.717) is 12.6 Å². The molecular formula is C13H15F2NO2. The van der Waals surface area contributed by atoms with E-state index < -0.39 is 17.6 Å². The van der Waals surface area contributed by atoms with Crippen LogP contribution in [0.25, 0.3) is 0 Å². The molecule has 5 heteroatoms. The molecule has 1 saturated carbocycles. The molecule has 1 aliphatic carbocycles. The Hall–Kier alpha value is -1.49. The maximum absolute atomic E-state index is 13.5. The van der Waals surface area contributed by atoms with Gasteiger partial charge in [0, 0.05) is 24.7 Å². The molecule has 3 nitrogen and oxygen atoms in total. The predicted octanol–water partition coefficient (Wildman–Crippen LogP) is 2.40. The Morgan fingerprint density at radius 2 is 2.11 bits per heavy atom. The van der Waals surface area contributed by atoms with Crippen molar-refractivity contribution in [2.75, 3.05) is 6.54 Å². The van der Waals surface area contributed by atoms with Crippen LogP contribution in [0.15, 0.2) is 18.2 Å². The van der Waals surface area contributed by atoms with E-state index in [4.69, 9.17) is 5.11 Å². The lowest BCUT2D eigenvalue weighted by atomic mass is 10.2. The van der Waals surface area contributed by atoms with Gasteiger partial charge >= 0.3 is 5.97 Å². The van der Waals surface area contributed by atoms with E-state index in [1.807, 2.05) is 4.90 Å². The fourth-order valence-corrected chi connectivity index (χ4v) is 1.96. The monoisotopic (exact) mass is 255 g/mol. The molecule has 0 radical (unpaired) electrons. The summed E-state index contributed by atoms with van der Waals surface area (Å²) in [5, 5.41) is 8.67. The third-order valence-corrected chi connectivity index (χ3v) is 3.08. The summed E-state index contributed by atoms with van der Waals surface area (Å²) in [4.78, 5) is 12.5. The third kappa shape index (κ3) is 3.26. The number of rotatable bonds is 6. The number of hydrogen-bond acceptors (Lipinski definition) is 2. The van der Waals surface area contributed by atoms with Crippen LogP contribution in [0.3, 0.4) is 0 Å². The quantitative estimate of drug-likeness (QED) is 0.848. The van der Waals surface area contributed by atoms with Gasteiger partial charge in [-0.1, -0.05) is 12.1 Å². The molecule has 0 unspecified atom stereocenters. The Morgan fingerprint density at radius 3 is 2.72 bits per heavy atom. The lowest BCUT2D eigenvalue weighted by Gasteiger charge is -2.21. The highest BCUT2D eigenvalue weighted by Gasteiger charge is 2.29. The van der Waals surface area contributed by atoms with Crippen LogP contribution in [0.2, 0.25) is 0 Å². The summed E-state index contributed by atoms with van der Waals surface area (Å²) in [5.41, 5.74) is 0.285. The minimum atomic E-state index is -0.875. The molecule has 0 amide bonds. The Labute approximate surface area is 104 Å². The van der Waals surface area contributed by atoms with Crippen LogP contribution in [0, 0.1) is 11.6 Å². The number of hydrogen-bond donors (Lipinski definition) is 1. The lowest BCUT2D eigenvalue weighted by Crippen LogP contribution is -2.28. The summed E-state index contributed by atoms with van der Waals surface area (Å²) in [7, 11) is 0. The average Bonchev–Trinajstić information content (AvgIpc) is 3.13. The van der Waals surface area contributed by atoms with Gasteiger partial charge in [-0.3, -0.25) is 9.69 Å². The van der Waals surface area contributed by atoms with Crippen molar-refractivity contribution in [3.63, 3.8) is 0 Å². The van der Waals surface area contributed by atoms with E-state index in [1.165, 1.54) is 12.1 Å². The second kappa shape index (κ2) is 5.44. The van der Waals surface area contributed by atoms with Crippen molar-refractivity contribution in [3.8, 4) is 0 Å². The van der Waals surface area contributed by atoms with E-state index in [9.17, 15) is 13.6 Å². The highest BCUT2D eigenvalue weighted by Crippen LogP contribution is 2.29. The zero-order valence-electron chi connectivity index (χ0n) is 9.90. The van der Waals surface area contributed by atoms with Crippen LogP contribution >= 0.6 is 0 Å². The summed E-state index contributed by atoms with van der Waals surface area (Å²) < 4.78 is 26.6. The van der Waals surface area contributed by atoms with Gasteiger partial charge in [-0.25, -0.2) is 8.78 Å². The van der Waals surface area contributed by atoms with Gasteiger partial charge in [0.2, 0.25) is 0 Å². The van der Waals surface area contributed by atoms with Crippen LogP contribution in [0.4, 0.5) is 8.78 Å². The zero-order valence-corrected chi connectivity index (χ0v) is 9.90. The van der Waals surface area contributed by atoms with Crippen LogP contribution in [0.5, 0.6) is 0 Å². The van der Waals surface area contributed by atoms with Gasteiger partial charge in [0.15, 0.2) is 11.6 Å². The van der Waals surface area contributed by atoms with Gasteiger partial charge in [0.05, 0.1) is 6.42 Å². The Morgan fingerprint density at radius 1 is 1.39 bits per heavy atom. The number of nitrogens with zero attached hydrogens (tertiary/aromatic N) is 1. The van der Waals surface area contributed by atoms with E-state index in [1.54, 1.807) is 0 Å². The normalized spacial score (nSPS) is 15.1. The van der Waals surface area contributed by atoms with Gasteiger partial charge in [-0.05, 0) is 18.9 Å². The molecule has 1 aliphatic rings. The standard InChI is InChI=1S/C13H15F2NO2/c14-11-3-1-2-9(13(11)15)8-16(10-4-5-10)7-6-12(17)18/h1-3,10H,4-8H2,(H,17,18). The van der Waals surface area contributed by atoms with Crippen molar-refractivity contribution in [1.82, 2.24) is 4.90 Å². The van der Waals surface area contributed by atoms with Crippen LogP contribution in [-0.4, -0.2) is 28.6 Å². The minimum Gasteiger partial charge on any atom is -0.481 e. The predicted molar refractivity (Wildman–Crippen MR) is 62.0 cm³/mol. The second-order valence-electron chi connectivity index (χ2n) is 4.56. The topological polar surface area (TPSA) is 40.5 Å². The largest absolute Gasteiger partial charge is 0.481 e. The lowest BCUT2D eigenvalue weighted by molar-refractivity contribution is -0.137. The number of benzene rings is 1. The highest BCUT2D eigenvalue weighted by molar-refractivity contribution is 5.66. The number of carboxylic acid groups (broad SMARTS) is 1. The molecule has 0 saturated heterocycles. The summed E-state index contributed by atoms with van der Waals surface area (Å²) in [6.45, 7) is 0.636. The van der Waals surface area contributed by atoms with Crippen LogP contribution in [-0.2, 0) is 11.3 Å². The van der Waals surface area contributed by atoms with Gasteiger partial charge in [-0.15, -0.1) is 0 Å². The zero-order chi connectivity index (χ0) is 13.1. The van der Waals surface area contributed by atoms with Crippen molar-refractivity contribution < 1.29 is 18.7 Å². The molecule has 18 heavy (non-hydrogen) atoms. The highest BCUT2D eigenvalue weighted by atomic mass is 19.2. The first-order chi connectivity index (χ1) is 8.58. The molecule has 0 atom stereocenters. The van der Waals surface area contributed by atoms with Gasteiger partial charge in [0.1, 0.15) is 0 Å². The van der Waals surface area contributed by atoms with E-state index >= 15 is 0 Å². The van der Waals surface area contributed by atoms with E-state index in [0.717, 1.165) is 18.9 Å². The first kappa shape index (κ1) is 13.0. The minimum absolute atomic E-state index is 0.0213. The Bertz CT molecular complexity index is 447. The maximum Gasteiger partial charge on any atom is 0.304 e.